The molecule has 4 rings (SSSR count). The predicted molar refractivity (Wildman–Crippen MR) is 72.9 cm³/mol. The van der Waals surface area contributed by atoms with Crippen LogP contribution in [-0.4, -0.2) is 44.8 Å². The second kappa shape index (κ2) is 3.90. The first-order valence-electron chi connectivity index (χ1n) is 6.91. The Morgan fingerprint density at radius 1 is 1.32 bits per heavy atom. The number of likely N-dealkylation sites (N-methyl/N-ethyl adjacent to an activating group) is 1. The number of anilines is 1. The van der Waals surface area contributed by atoms with Gasteiger partial charge in [-0.25, -0.2) is 14.6 Å². The number of rotatable bonds is 2. The van der Waals surface area contributed by atoms with Crippen LogP contribution in [0.15, 0.2) is 6.20 Å². The molecule has 0 amide bonds. The van der Waals surface area contributed by atoms with Crippen molar-refractivity contribution in [1.82, 2.24) is 24.6 Å². The van der Waals surface area contributed by atoms with E-state index in [1.54, 1.807) is 0 Å². The Balaban J connectivity index is 1.82. The lowest BCUT2D eigenvalue weighted by molar-refractivity contribution is 0.385. The maximum Gasteiger partial charge on any atom is 0.179 e. The molecule has 0 bridgehead atoms. The molecule has 2 N–H and O–H groups in total. The molecule has 2 aliphatic rings. The Morgan fingerprint density at radius 2 is 2.16 bits per heavy atom. The summed E-state index contributed by atoms with van der Waals surface area (Å²) in [5, 5.41) is 4.47. The minimum absolute atomic E-state index is 0.369. The van der Waals surface area contributed by atoms with Gasteiger partial charge in [-0.05, 0) is 26.3 Å². The smallest absolute Gasteiger partial charge is 0.179 e. The van der Waals surface area contributed by atoms with Crippen molar-refractivity contribution >= 4 is 17.0 Å². The third kappa shape index (κ3) is 1.78. The number of fused-ring (bicyclic) bond motifs is 1. The number of hydrogen-bond donors (Lipinski definition) is 1. The van der Waals surface area contributed by atoms with E-state index in [9.17, 15) is 0 Å². The van der Waals surface area contributed by atoms with Crippen LogP contribution in [-0.2, 0) is 0 Å². The molecule has 1 unspecified atom stereocenters. The summed E-state index contributed by atoms with van der Waals surface area (Å²) in [6.07, 6.45) is 5.43. The largest absolute Gasteiger partial charge is 0.380 e. The first kappa shape index (κ1) is 11.2. The summed E-state index contributed by atoms with van der Waals surface area (Å²) in [4.78, 5) is 11.5. The zero-order chi connectivity index (χ0) is 13.0. The average Bonchev–Trinajstić information content (AvgIpc) is 3.10. The molecule has 6 nitrogen and oxygen atoms in total. The first-order valence-corrected chi connectivity index (χ1v) is 6.91. The summed E-state index contributed by atoms with van der Waals surface area (Å²) in [7, 11) is 2.14. The van der Waals surface area contributed by atoms with Gasteiger partial charge in [0.2, 0.25) is 0 Å². The van der Waals surface area contributed by atoms with Crippen LogP contribution in [0.4, 0.5) is 5.82 Å². The quantitative estimate of drug-likeness (QED) is 0.875. The van der Waals surface area contributed by atoms with Gasteiger partial charge in [0.25, 0.3) is 0 Å². The summed E-state index contributed by atoms with van der Waals surface area (Å²) in [6, 6.07) is 0.369. The van der Waals surface area contributed by atoms with E-state index in [-0.39, 0.29) is 0 Å². The number of nitrogens with two attached hydrogens (primary N) is 1. The SMILES string of the molecule is CN1CCC(n2nc(N)c3ncc(C4CC4)nc32)C1. The van der Waals surface area contributed by atoms with Crippen molar-refractivity contribution in [2.45, 2.75) is 31.2 Å². The van der Waals surface area contributed by atoms with E-state index in [4.69, 9.17) is 10.7 Å². The fourth-order valence-corrected chi connectivity index (χ4v) is 2.89. The predicted octanol–water partition coefficient (Wildman–Crippen LogP) is 1.16. The fraction of sp³-hybridized carbons (Fsp3) is 0.615. The van der Waals surface area contributed by atoms with E-state index in [2.05, 4.69) is 22.0 Å². The lowest BCUT2D eigenvalue weighted by atomic mass is 10.2. The van der Waals surface area contributed by atoms with E-state index in [1.807, 2.05) is 10.9 Å². The zero-order valence-electron chi connectivity index (χ0n) is 11.1. The number of nitrogens with zero attached hydrogens (tertiary/aromatic N) is 5. The monoisotopic (exact) mass is 258 g/mol. The van der Waals surface area contributed by atoms with Gasteiger partial charge in [0, 0.05) is 25.2 Å². The summed E-state index contributed by atoms with van der Waals surface area (Å²) in [6.45, 7) is 2.10. The van der Waals surface area contributed by atoms with E-state index in [1.165, 1.54) is 12.8 Å². The standard InChI is InChI=1S/C13H18N6/c1-18-5-4-9(7-18)19-13-11(12(14)17-19)15-6-10(16-13)8-2-3-8/h6,8-9H,2-5,7H2,1H3,(H2,14,17). The molecule has 1 atom stereocenters. The Bertz CT molecular complexity index is 629. The molecule has 3 heterocycles. The third-order valence-corrected chi connectivity index (χ3v) is 4.16. The van der Waals surface area contributed by atoms with Crippen molar-refractivity contribution in [2.75, 3.05) is 25.9 Å². The average molecular weight is 258 g/mol. The van der Waals surface area contributed by atoms with Gasteiger partial charge in [-0.2, -0.15) is 5.10 Å². The lowest BCUT2D eigenvalue weighted by Crippen LogP contribution is -2.17. The Labute approximate surface area is 111 Å². The molecule has 2 fully saturated rings. The van der Waals surface area contributed by atoms with Gasteiger partial charge in [0.15, 0.2) is 17.0 Å². The molecule has 1 saturated heterocycles. The molecule has 1 saturated carbocycles. The van der Waals surface area contributed by atoms with Gasteiger partial charge >= 0.3 is 0 Å². The molecule has 100 valence electrons. The van der Waals surface area contributed by atoms with Crippen molar-refractivity contribution in [3.8, 4) is 0 Å². The lowest BCUT2D eigenvalue weighted by Gasteiger charge is -2.11. The summed E-state index contributed by atoms with van der Waals surface area (Å²) >= 11 is 0. The van der Waals surface area contributed by atoms with Gasteiger partial charge in [0.1, 0.15) is 0 Å². The van der Waals surface area contributed by atoms with E-state index >= 15 is 0 Å². The first-order chi connectivity index (χ1) is 9.22. The minimum Gasteiger partial charge on any atom is -0.380 e. The van der Waals surface area contributed by atoms with Gasteiger partial charge in [-0.15, -0.1) is 0 Å². The molecular weight excluding hydrogens is 240 g/mol. The highest BCUT2D eigenvalue weighted by Gasteiger charge is 2.29. The van der Waals surface area contributed by atoms with Crippen LogP contribution in [0.1, 0.15) is 36.9 Å². The maximum absolute atomic E-state index is 5.97. The normalized spacial score (nSPS) is 24.4. The highest BCUT2D eigenvalue weighted by Crippen LogP contribution is 2.39. The molecule has 0 spiro atoms. The Kier molecular flexibility index (Phi) is 2.29. The molecular formula is C13H18N6. The van der Waals surface area contributed by atoms with Crippen LogP contribution in [0.3, 0.4) is 0 Å². The second-order valence-electron chi connectivity index (χ2n) is 5.78. The maximum atomic E-state index is 5.97. The van der Waals surface area contributed by atoms with Gasteiger partial charge in [0.05, 0.1) is 11.7 Å². The molecule has 1 aliphatic heterocycles. The molecule has 0 aromatic carbocycles. The van der Waals surface area contributed by atoms with Crippen LogP contribution in [0.5, 0.6) is 0 Å². The number of nitrogen functional groups attached to an aromatic ring is 1. The van der Waals surface area contributed by atoms with Crippen LogP contribution < -0.4 is 5.73 Å². The molecule has 2 aromatic rings. The van der Waals surface area contributed by atoms with E-state index in [0.717, 1.165) is 36.4 Å². The Morgan fingerprint density at radius 3 is 2.84 bits per heavy atom. The van der Waals surface area contributed by atoms with Crippen molar-refractivity contribution in [1.29, 1.82) is 0 Å². The Hall–Kier alpha value is -1.69. The van der Waals surface area contributed by atoms with Crippen molar-refractivity contribution < 1.29 is 0 Å². The van der Waals surface area contributed by atoms with Gasteiger partial charge < -0.3 is 10.6 Å². The number of aromatic nitrogens is 4. The third-order valence-electron chi connectivity index (χ3n) is 4.16. The van der Waals surface area contributed by atoms with Crippen molar-refractivity contribution in [3.63, 3.8) is 0 Å². The van der Waals surface area contributed by atoms with Gasteiger partial charge in [-0.3, -0.25) is 0 Å². The number of hydrogen-bond acceptors (Lipinski definition) is 5. The summed E-state index contributed by atoms with van der Waals surface area (Å²) < 4.78 is 1.99. The summed E-state index contributed by atoms with van der Waals surface area (Å²) in [5.74, 6) is 1.10. The highest BCUT2D eigenvalue weighted by atomic mass is 15.4. The van der Waals surface area contributed by atoms with Crippen LogP contribution in [0, 0.1) is 0 Å². The van der Waals surface area contributed by atoms with Crippen molar-refractivity contribution in [3.05, 3.63) is 11.9 Å². The minimum atomic E-state index is 0.369. The topological polar surface area (TPSA) is 72.9 Å². The van der Waals surface area contributed by atoms with Crippen LogP contribution in [0.2, 0.25) is 0 Å². The van der Waals surface area contributed by atoms with Crippen molar-refractivity contribution in [2.24, 2.45) is 0 Å². The zero-order valence-corrected chi connectivity index (χ0v) is 11.1. The molecule has 1 aliphatic carbocycles. The molecule has 19 heavy (non-hydrogen) atoms. The van der Waals surface area contributed by atoms with E-state index in [0.29, 0.717) is 17.8 Å². The molecule has 2 aromatic heterocycles. The van der Waals surface area contributed by atoms with E-state index < -0.39 is 0 Å². The van der Waals surface area contributed by atoms with Gasteiger partial charge in [-0.1, -0.05) is 0 Å². The number of likely N-dealkylation sites (tertiary alicyclic amines) is 1. The molecule has 0 radical (unpaired) electrons. The highest BCUT2D eigenvalue weighted by molar-refractivity contribution is 5.82. The molecule has 6 heteroatoms. The summed E-state index contributed by atoms with van der Waals surface area (Å²) in [5.41, 5.74) is 8.68. The second-order valence-corrected chi connectivity index (χ2v) is 5.78. The fourth-order valence-electron chi connectivity index (χ4n) is 2.89. The van der Waals surface area contributed by atoms with Crippen LogP contribution >= 0.6 is 0 Å². The van der Waals surface area contributed by atoms with Crippen LogP contribution in [0.25, 0.3) is 11.2 Å².